The number of carbonyl (C=O) groups excluding carboxylic acids is 1. The number of rotatable bonds is 4. The Bertz CT molecular complexity index is 533. The number of carbonyl (C=O) groups is 1. The van der Waals surface area contributed by atoms with E-state index in [0.717, 1.165) is 21.2 Å². The molecule has 1 amide bonds. The lowest BCUT2D eigenvalue weighted by Gasteiger charge is -2.27. The van der Waals surface area contributed by atoms with Crippen LogP contribution in [0.4, 0.5) is 0 Å². The summed E-state index contributed by atoms with van der Waals surface area (Å²) in [5, 5.41) is 5.98. The van der Waals surface area contributed by atoms with Crippen molar-refractivity contribution in [1.82, 2.24) is 10.3 Å². The van der Waals surface area contributed by atoms with E-state index in [-0.39, 0.29) is 11.4 Å². The standard InChI is InChI=1S/C13H16N2OS2/c1-4-13(3,12-14-7-8-17-12)15-11(16)10-6-5-9(2)18-10/h5-8H,4H2,1-3H3,(H,15,16)/t13-/m1/s1. The Kier molecular flexibility index (Phi) is 3.82. The van der Waals surface area contributed by atoms with Crippen molar-refractivity contribution in [2.75, 3.05) is 0 Å². The van der Waals surface area contributed by atoms with Crippen LogP contribution >= 0.6 is 22.7 Å². The van der Waals surface area contributed by atoms with Crippen LogP contribution in [-0.2, 0) is 5.54 Å². The van der Waals surface area contributed by atoms with Gasteiger partial charge in [-0.05, 0) is 32.4 Å². The molecule has 0 saturated heterocycles. The van der Waals surface area contributed by atoms with Gasteiger partial charge in [0, 0.05) is 16.5 Å². The molecule has 5 heteroatoms. The third kappa shape index (κ3) is 2.62. The van der Waals surface area contributed by atoms with Crippen molar-refractivity contribution >= 4 is 28.6 Å². The molecule has 0 radical (unpaired) electrons. The van der Waals surface area contributed by atoms with Gasteiger partial charge in [0.2, 0.25) is 0 Å². The molecule has 0 aromatic carbocycles. The van der Waals surface area contributed by atoms with Crippen LogP contribution in [0.15, 0.2) is 23.7 Å². The normalized spacial score (nSPS) is 14.2. The van der Waals surface area contributed by atoms with Gasteiger partial charge in [0.15, 0.2) is 0 Å². The van der Waals surface area contributed by atoms with Crippen molar-refractivity contribution in [1.29, 1.82) is 0 Å². The Morgan fingerprint density at radius 2 is 2.28 bits per heavy atom. The maximum Gasteiger partial charge on any atom is 0.262 e. The molecule has 0 fully saturated rings. The molecule has 2 aromatic heterocycles. The van der Waals surface area contributed by atoms with E-state index in [9.17, 15) is 4.79 Å². The van der Waals surface area contributed by atoms with E-state index in [0.29, 0.717) is 0 Å². The van der Waals surface area contributed by atoms with Crippen LogP contribution < -0.4 is 5.32 Å². The SMILES string of the molecule is CC[C@@](C)(NC(=O)c1ccc(C)s1)c1nccs1. The fourth-order valence-corrected chi connectivity index (χ4v) is 3.25. The van der Waals surface area contributed by atoms with Crippen LogP contribution in [-0.4, -0.2) is 10.9 Å². The van der Waals surface area contributed by atoms with Crippen molar-refractivity contribution in [3.8, 4) is 0 Å². The lowest BCUT2D eigenvalue weighted by molar-refractivity contribution is 0.0906. The van der Waals surface area contributed by atoms with E-state index in [1.165, 1.54) is 11.3 Å². The highest BCUT2D eigenvalue weighted by Crippen LogP contribution is 2.27. The Morgan fingerprint density at radius 3 is 2.78 bits per heavy atom. The monoisotopic (exact) mass is 280 g/mol. The van der Waals surface area contributed by atoms with E-state index < -0.39 is 0 Å². The van der Waals surface area contributed by atoms with Crippen molar-refractivity contribution < 1.29 is 4.79 Å². The van der Waals surface area contributed by atoms with Gasteiger partial charge in [-0.25, -0.2) is 4.98 Å². The van der Waals surface area contributed by atoms with Gasteiger partial charge in [-0.2, -0.15) is 0 Å². The molecule has 0 saturated carbocycles. The third-order valence-electron chi connectivity index (χ3n) is 2.97. The molecule has 3 nitrogen and oxygen atoms in total. The molecule has 2 heterocycles. The zero-order valence-corrected chi connectivity index (χ0v) is 12.3. The molecule has 2 rings (SSSR count). The molecule has 0 spiro atoms. The Morgan fingerprint density at radius 1 is 1.50 bits per heavy atom. The summed E-state index contributed by atoms with van der Waals surface area (Å²) in [5.41, 5.74) is -0.386. The summed E-state index contributed by atoms with van der Waals surface area (Å²) in [6.07, 6.45) is 2.59. The van der Waals surface area contributed by atoms with Gasteiger partial charge in [-0.15, -0.1) is 22.7 Å². The Labute approximate surface area is 115 Å². The molecule has 0 aliphatic heterocycles. The largest absolute Gasteiger partial charge is 0.340 e. The summed E-state index contributed by atoms with van der Waals surface area (Å²) in [6.45, 7) is 6.08. The predicted molar refractivity (Wildman–Crippen MR) is 76.3 cm³/mol. The zero-order chi connectivity index (χ0) is 13.2. The number of amides is 1. The van der Waals surface area contributed by atoms with Gasteiger partial charge in [-0.3, -0.25) is 4.79 Å². The van der Waals surface area contributed by atoms with E-state index >= 15 is 0 Å². The lowest BCUT2D eigenvalue weighted by Crippen LogP contribution is -2.42. The van der Waals surface area contributed by atoms with Gasteiger partial charge in [-0.1, -0.05) is 6.92 Å². The summed E-state index contributed by atoms with van der Waals surface area (Å²) in [7, 11) is 0. The summed E-state index contributed by atoms with van der Waals surface area (Å²) in [6, 6.07) is 3.83. The third-order valence-corrected chi connectivity index (χ3v) is 5.00. The highest BCUT2D eigenvalue weighted by molar-refractivity contribution is 7.14. The first kappa shape index (κ1) is 13.2. The van der Waals surface area contributed by atoms with Crippen molar-refractivity contribution in [2.45, 2.75) is 32.7 Å². The quantitative estimate of drug-likeness (QED) is 0.930. The molecule has 1 atom stereocenters. The second-order valence-corrected chi connectivity index (χ2v) is 6.57. The first-order chi connectivity index (χ1) is 8.55. The number of aromatic nitrogens is 1. The first-order valence-corrected chi connectivity index (χ1v) is 7.53. The molecular weight excluding hydrogens is 264 g/mol. The molecule has 18 heavy (non-hydrogen) atoms. The molecule has 96 valence electrons. The smallest absolute Gasteiger partial charge is 0.262 e. The van der Waals surface area contributed by atoms with E-state index in [2.05, 4.69) is 17.2 Å². The van der Waals surface area contributed by atoms with Crippen molar-refractivity contribution in [2.24, 2.45) is 0 Å². The van der Waals surface area contributed by atoms with Crippen LogP contribution in [0.3, 0.4) is 0 Å². The second kappa shape index (κ2) is 5.20. The van der Waals surface area contributed by atoms with Crippen LogP contribution in [0.25, 0.3) is 0 Å². The van der Waals surface area contributed by atoms with Crippen LogP contribution in [0, 0.1) is 6.92 Å². The second-order valence-electron chi connectivity index (χ2n) is 4.39. The Hall–Kier alpha value is -1.20. The molecule has 1 N–H and O–H groups in total. The average Bonchev–Trinajstić information content (AvgIpc) is 2.99. The van der Waals surface area contributed by atoms with Crippen LogP contribution in [0.1, 0.15) is 39.8 Å². The summed E-state index contributed by atoms with van der Waals surface area (Å²) >= 11 is 3.09. The molecule has 2 aromatic rings. The molecule has 0 aliphatic rings. The number of nitrogens with one attached hydrogen (secondary N) is 1. The Balaban J connectivity index is 2.19. The van der Waals surface area contributed by atoms with Crippen molar-refractivity contribution in [3.05, 3.63) is 38.5 Å². The van der Waals surface area contributed by atoms with Crippen LogP contribution in [0.5, 0.6) is 0 Å². The molecular formula is C13H16N2OS2. The summed E-state index contributed by atoms with van der Waals surface area (Å²) in [4.78, 5) is 18.4. The highest BCUT2D eigenvalue weighted by Gasteiger charge is 2.29. The molecule has 0 unspecified atom stereocenters. The fourth-order valence-electron chi connectivity index (χ4n) is 1.66. The van der Waals surface area contributed by atoms with E-state index in [1.807, 2.05) is 31.4 Å². The number of thiazole rings is 1. The van der Waals surface area contributed by atoms with Gasteiger partial charge >= 0.3 is 0 Å². The fraction of sp³-hybridized carbons (Fsp3) is 0.385. The minimum atomic E-state index is -0.386. The minimum absolute atomic E-state index is 0.0207. The van der Waals surface area contributed by atoms with Gasteiger partial charge in [0.05, 0.1) is 10.4 Å². The number of hydrogen-bond donors (Lipinski definition) is 1. The lowest BCUT2D eigenvalue weighted by atomic mass is 10.00. The van der Waals surface area contributed by atoms with E-state index in [4.69, 9.17) is 0 Å². The first-order valence-electron chi connectivity index (χ1n) is 5.84. The topological polar surface area (TPSA) is 42.0 Å². The molecule has 0 bridgehead atoms. The van der Waals surface area contributed by atoms with Gasteiger partial charge < -0.3 is 5.32 Å². The summed E-state index contributed by atoms with van der Waals surface area (Å²) < 4.78 is 0. The average molecular weight is 280 g/mol. The maximum absolute atomic E-state index is 12.2. The predicted octanol–water partition coefficient (Wildman–Crippen LogP) is 3.57. The minimum Gasteiger partial charge on any atom is -0.340 e. The van der Waals surface area contributed by atoms with Crippen molar-refractivity contribution in [3.63, 3.8) is 0 Å². The summed E-state index contributed by atoms with van der Waals surface area (Å²) in [5.74, 6) is -0.0207. The van der Waals surface area contributed by atoms with Gasteiger partial charge in [0.1, 0.15) is 5.01 Å². The zero-order valence-electron chi connectivity index (χ0n) is 10.7. The number of thiophene rings is 1. The van der Waals surface area contributed by atoms with E-state index in [1.54, 1.807) is 17.5 Å². The van der Waals surface area contributed by atoms with Gasteiger partial charge in [0.25, 0.3) is 5.91 Å². The number of nitrogens with zero attached hydrogens (tertiary/aromatic N) is 1. The molecule has 0 aliphatic carbocycles. The highest BCUT2D eigenvalue weighted by atomic mass is 32.1. The maximum atomic E-state index is 12.2. The number of aryl methyl sites for hydroxylation is 1. The number of hydrogen-bond acceptors (Lipinski definition) is 4. The van der Waals surface area contributed by atoms with Crippen LogP contribution in [0.2, 0.25) is 0 Å².